The summed E-state index contributed by atoms with van der Waals surface area (Å²) in [6, 6.07) is 6.80. The first kappa shape index (κ1) is 16.3. The van der Waals surface area contributed by atoms with E-state index in [-0.39, 0.29) is 18.4 Å². The highest BCUT2D eigenvalue weighted by atomic mass is 16.5. The van der Waals surface area contributed by atoms with E-state index < -0.39 is 0 Å². The Morgan fingerprint density at radius 2 is 1.77 bits per heavy atom. The molecule has 2 amide bonds. The summed E-state index contributed by atoms with van der Waals surface area (Å²) in [6.07, 6.45) is 0. The second-order valence-corrected chi connectivity index (χ2v) is 5.23. The highest BCUT2D eigenvalue weighted by Crippen LogP contribution is 2.11. The molecule has 1 aromatic rings. The number of hydrogen-bond donors (Lipinski definition) is 1. The molecule has 1 fully saturated rings. The molecule has 6 nitrogen and oxygen atoms in total. The molecule has 0 radical (unpaired) electrons. The summed E-state index contributed by atoms with van der Waals surface area (Å²) in [5.74, 6) is 0.419. The molecule has 0 saturated carbocycles. The maximum absolute atomic E-state index is 12.1. The summed E-state index contributed by atoms with van der Waals surface area (Å²) in [6.45, 7) is 6.42. The number of carbonyl (C=O) groups excluding carboxylic acids is 2. The van der Waals surface area contributed by atoms with E-state index >= 15 is 0 Å². The van der Waals surface area contributed by atoms with Gasteiger partial charge in [0.15, 0.2) is 0 Å². The maximum atomic E-state index is 12.1. The SMILES string of the molecule is CCN1CCN(C(=O)CNC(=O)c2ccc(OC)cc2)CC1. The zero-order chi connectivity index (χ0) is 15.9. The van der Waals surface area contributed by atoms with Crippen LogP contribution in [0, 0.1) is 0 Å². The van der Waals surface area contributed by atoms with Crippen LogP contribution >= 0.6 is 0 Å². The monoisotopic (exact) mass is 305 g/mol. The summed E-state index contributed by atoms with van der Waals surface area (Å²) in [4.78, 5) is 28.2. The third kappa shape index (κ3) is 4.21. The number of piperazine rings is 1. The van der Waals surface area contributed by atoms with E-state index in [4.69, 9.17) is 4.74 Å². The Hall–Kier alpha value is -2.08. The van der Waals surface area contributed by atoms with E-state index in [1.807, 2.05) is 0 Å². The molecule has 22 heavy (non-hydrogen) atoms. The third-order valence-corrected chi connectivity index (χ3v) is 3.92. The summed E-state index contributed by atoms with van der Waals surface area (Å²) < 4.78 is 5.05. The van der Waals surface area contributed by atoms with Crippen LogP contribution in [-0.2, 0) is 4.79 Å². The molecule has 0 bridgehead atoms. The summed E-state index contributed by atoms with van der Waals surface area (Å²) in [5, 5.41) is 2.67. The van der Waals surface area contributed by atoms with Gasteiger partial charge in [0.1, 0.15) is 5.75 Å². The second kappa shape index (κ2) is 7.79. The van der Waals surface area contributed by atoms with Crippen molar-refractivity contribution in [2.24, 2.45) is 0 Å². The molecule has 1 aromatic carbocycles. The largest absolute Gasteiger partial charge is 0.497 e. The number of likely N-dealkylation sites (N-methyl/N-ethyl adjacent to an activating group) is 1. The smallest absolute Gasteiger partial charge is 0.251 e. The molecular weight excluding hydrogens is 282 g/mol. The Kier molecular flexibility index (Phi) is 5.77. The van der Waals surface area contributed by atoms with Crippen LogP contribution in [0.1, 0.15) is 17.3 Å². The van der Waals surface area contributed by atoms with Crippen LogP contribution in [0.25, 0.3) is 0 Å². The first-order valence-corrected chi connectivity index (χ1v) is 7.56. The van der Waals surface area contributed by atoms with E-state index in [1.165, 1.54) is 0 Å². The Labute approximate surface area is 131 Å². The molecule has 6 heteroatoms. The minimum atomic E-state index is -0.247. The fraction of sp³-hybridized carbons (Fsp3) is 0.500. The van der Waals surface area contributed by atoms with Gasteiger partial charge in [0.05, 0.1) is 13.7 Å². The summed E-state index contributed by atoms with van der Waals surface area (Å²) >= 11 is 0. The number of amides is 2. The minimum absolute atomic E-state index is 0.0300. The van der Waals surface area contributed by atoms with Gasteiger partial charge in [-0.15, -0.1) is 0 Å². The predicted molar refractivity (Wildman–Crippen MR) is 84.0 cm³/mol. The normalized spacial score (nSPS) is 15.5. The lowest BCUT2D eigenvalue weighted by atomic mass is 10.2. The van der Waals surface area contributed by atoms with Crippen LogP contribution in [-0.4, -0.2) is 68.0 Å². The molecule has 0 spiro atoms. The van der Waals surface area contributed by atoms with Crippen molar-refractivity contribution in [1.29, 1.82) is 0 Å². The Bertz CT molecular complexity index is 508. The number of nitrogens with zero attached hydrogens (tertiary/aromatic N) is 2. The zero-order valence-electron chi connectivity index (χ0n) is 13.2. The molecule has 1 aliphatic heterocycles. The maximum Gasteiger partial charge on any atom is 0.251 e. The van der Waals surface area contributed by atoms with Gasteiger partial charge in [-0.2, -0.15) is 0 Å². The number of carbonyl (C=O) groups is 2. The van der Waals surface area contributed by atoms with Gasteiger partial charge >= 0.3 is 0 Å². The molecule has 0 aliphatic carbocycles. The van der Waals surface area contributed by atoms with E-state index in [0.29, 0.717) is 11.3 Å². The standard InChI is InChI=1S/C16H23N3O3/c1-3-18-8-10-19(11-9-18)15(20)12-17-16(21)13-4-6-14(22-2)7-5-13/h4-7H,3,8-12H2,1-2H3,(H,17,21). The van der Waals surface area contributed by atoms with Crippen molar-refractivity contribution in [2.75, 3.05) is 46.4 Å². The topological polar surface area (TPSA) is 61.9 Å². The van der Waals surface area contributed by atoms with Crippen LogP contribution in [0.4, 0.5) is 0 Å². The van der Waals surface area contributed by atoms with Crippen molar-refractivity contribution in [2.45, 2.75) is 6.92 Å². The Balaban J connectivity index is 1.79. The molecule has 120 valence electrons. The van der Waals surface area contributed by atoms with Crippen molar-refractivity contribution < 1.29 is 14.3 Å². The molecule has 1 heterocycles. The zero-order valence-corrected chi connectivity index (χ0v) is 13.2. The van der Waals surface area contributed by atoms with Crippen molar-refractivity contribution in [3.05, 3.63) is 29.8 Å². The van der Waals surface area contributed by atoms with Gasteiger partial charge in [0.25, 0.3) is 5.91 Å². The van der Waals surface area contributed by atoms with Gasteiger partial charge in [-0.25, -0.2) is 0 Å². The second-order valence-electron chi connectivity index (χ2n) is 5.23. The highest BCUT2D eigenvalue weighted by molar-refractivity contribution is 5.96. The third-order valence-electron chi connectivity index (χ3n) is 3.92. The van der Waals surface area contributed by atoms with Gasteiger partial charge < -0.3 is 19.9 Å². The van der Waals surface area contributed by atoms with Gasteiger partial charge in [-0.05, 0) is 30.8 Å². The van der Waals surface area contributed by atoms with E-state index in [9.17, 15) is 9.59 Å². The van der Waals surface area contributed by atoms with E-state index in [1.54, 1.807) is 36.3 Å². The van der Waals surface area contributed by atoms with Gasteiger partial charge in [-0.1, -0.05) is 6.92 Å². The Morgan fingerprint density at radius 1 is 1.14 bits per heavy atom. The lowest BCUT2D eigenvalue weighted by molar-refractivity contribution is -0.131. The Morgan fingerprint density at radius 3 is 2.32 bits per heavy atom. The molecule has 0 unspecified atom stereocenters. The number of benzene rings is 1. The lowest BCUT2D eigenvalue weighted by Gasteiger charge is -2.34. The van der Waals surface area contributed by atoms with Crippen molar-refractivity contribution in [3.63, 3.8) is 0 Å². The van der Waals surface area contributed by atoms with Crippen molar-refractivity contribution >= 4 is 11.8 Å². The average Bonchev–Trinajstić information content (AvgIpc) is 2.59. The molecule has 1 aliphatic rings. The van der Waals surface area contributed by atoms with E-state index in [2.05, 4.69) is 17.1 Å². The molecule has 1 saturated heterocycles. The fourth-order valence-electron chi connectivity index (χ4n) is 2.43. The lowest BCUT2D eigenvalue weighted by Crippen LogP contribution is -2.51. The van der Waals surface area contributed by atoms with Gasteiger partial charge in [0.2, 0.25) is 5.91 Å². The highest BCUT2D eigenvalue weighted by Gasteiger charge is 2.20. The summed E-state index contributed by atoms with van der Waals surface area (Å²) in [7, 11) is 1.58. The first-order chi connectivity index (χ1) is 10.6. The van der Waals surface area contributed by atoms with Gasteiger partial charge in [-0.3, -0.25) is 9.59 Å². The van der Waals surface area contributed by atoms with Crippen LogP contribution in [0.3, 0.4) is 0 Å². The van der Waals surface area contributed by atoms with Crippen LogP contribution in [0.15, 0.2) is 24.3 Å². The molecule has 1 N–H and O–H groups in total. The molecule has 2 rings (SSSR count). The van der Waals surface area contributed by atoms with E-state index in [0.717, 1.165) is 32.7 Å². The minimum Gasteiger partial charge on any atom is -0.497 e. The van der Waals surface area contributed by atoms with Crippen LogP contribution in [0.5, 0.6) is 5.75 Å². The molecule has 0 aromatic heterocycles. The average molecular weight is 305 g/mol. The summed E-state index contributed by atoms with van der Waals surface area (Å²) in [5.41, 5.74) is 0.518. The molecular formula is C16H23N3O3. The first-order valence-electron chi connectivity index (χ1n) is 7.56. The molecule has 0 atom stereocenters. The van der Waals surface area contributed by atoms with Crippen LogP contribution in [0.2, 0.25) is 0 Å². The number of ether oxygens (including phenoxy) is 1. The van der Waals surface area contributed by atoms with Gasteiger partial charge in [0, 0.05) is 31.7 Å². The number of rotatable bonds is 5. The number of methoxy groups -OCH3 is 1. The van der Waals surface area contributed by atoms with Crippen molar-refractivity contribution in [3.8, 4) is 5.75 Å². The quantitative estimate of drug-likeness (QED) is 0.865. The fourth-order valence-corrected chi connectivity index (χ4v) is 2.43. The number of hydrogen-bond acceptors (Lipinski definition) is 4. The van der Waals surface area contributed by atoms with Crippen LogP contribution < -0.4 is 10.1 Å². The van der Waals surface area contributed by atoms with Crippen molar-refractivity contribution in [1.82, 2.24) is 15.1 Å². The predicted octanol–water partition coefficient (Wildman–Crippen LogP) is 0.589. The number of nitrogens with one attached hydrogen (secondary N) is 1.